The molecule has 20 rings (SSSR count). The lowest BCUT2D eigenvalue weighted by Crippen LogP contribution is -2.36. The van der Waals surface area contributed by atoms with E-state index in [-0.39, 0.29) is 50.5 Å². The molecule has 6 saturated heterocycles. The number of halogens is 9. The monoisotopic (exact) mass is 1900 g/mol. The molecule has 696 valence electrons. The smallest absolute Gasteiger partial charge is 0.271 e. The van der Waals surface area contributed by atoms with E-state index >= 15 is 0 Å². The maximum atomic E-state index is 14.0. The topological polar surface area (TPSA) is 139 Å². The SMILES string of the molecule is CCCCCn1ccc(N2CCC(c3ccccc3)CC2)c(Cl)c1=O.O=c1c(Cl)c(N2CCC(c3ccc(F)cc3F)CC2)ccn1CC1CC1.O=c1c(Cl)c(N2CCC(c3ccc(N4CCOCC4)cc3)CC2)ccn1CC1CC1.O=c1c(Cl)c(N2CCC(c3ccccc3Cl)CC2)ccn1CC1CC1.O=c1c(Cl)c(N2CCC(c3ccccc3F)CC2)ccn1CC1CC1. The molecule has 0 radical (unpaired) electrons. The van der Waals surface area contributed by atoms with Gasteiger partial charge in [0.2, 0.25) is 0 Å². The lowest BCUT2D eigenvalue weighted by atomic mass is 9.89. The van der Waals surface area contributed by atoms with Crippen LogP contribution in [0.3, 0.4) is 0 Å². The second-order valence-corrected chi connectivity index (χ2v) is 39.8. The van der Waals surface area contributed by atoms with Crippen LogP contribution < -0.4 is 57.2 Å². The highest BCUT2D eigenvalue weighted by Crippen LogP contribution is 2.42. The lowest BCUT2D eigenvalue weighted by Gasteiger charge is -2.34. The number of aromatic nitrogens is 5. The first-order chi connectivity index (χ1) is 63.7. The van der Waals surface area contributed by atoms with E-state index in [1.807, 2.05) is 91.6 Å². The quantitative estimate of drug-likeness (QED) is 0.0563. The summed E-state index contributed by atoms with van der Waals surface area (Å²) in [5.41, 5.74) is 10.6. The number of rotatable bonds is 23. The lowest BCUT2D eigenvalue weighted by molar-refractivity contribution is 0.122. The van der Waals surface area contributed by atoms with Crippen LogP contribution in [0.2, 0.25) is 30.1 Å². The van der Waals surface area contributed by atoms with E-state index in [9.17, 15) is 37.1 Å². The van der Waals surface area contributed by atoms with Crippen molar-refractivity contribution in [1.29, 1.82) is 0 Å². The fraction of sp³-hybridized carbons (Fsp3) is 0.476. The molecular formula is C105H122Cl6F3N11O6. The van der Waals surface area contributed by atoms with Crippen LogP contribution in [0, 0.1) is 41.1 Å². The normalized spacial score (nSPS) is 18.4. The average Bonchev–Trinajstić information content (AvgIpc) is 0.952. The molecule has 26 heteroatoms. The first-order valence-electron chi connectivity index (χ1n) is 47.8. The molecule has 0 bridgehead atoms. The van der Waals surface area contributed by atoms with Gasteiger partial charge < -0.3 is 57.0 Å². The van der Waals surface area contributed by atoms with Gasteiger partial charge in [0.25, 0.3) is 27.8 Å². The van der Waals surface area contributed by atoms with Gasteiger partial charge in [-0.3, -0.25) is 24.0 Å². The summed E-state index contributed by atoms with van der Waals surface area (Å²) in [5.74, 6) is 3.33. The molecule has 0 N–H and O–H groups in total. The largest absolute Gasteiger partial charge is 0.378 e. The van der Waals surface area contributed by atoms with Gasteiger partial charge in [-0.25, -0.2) is 13.2 Å². The van der Waals surface area contributed by atoms with Crippen LogP contribution in [-0.4, -0.2) is 115 Å². The maximum absolute atomic E-state index is 14.0. The molecule has 10 aromatic rings. The molecule has 6 aliphatic heterocycles. The molecule has 5 aromatic carbocycles. The molecule has 17 nitrogen and oxygen atoms in total. The van der Waals surface area contributed by atoms with Crippen molar-refractivity contribution in [2.24, 2.45) is 23.7 Å². The Morgan fingerprint density at radius 1 is 0.305 bits per heavy atom. The van der Waals surface area contributed by atoms with Gasteiger partial charge in [-0.15, -0.1) is 0 Å². The summed E-state index contributed by atoms with van der Waals surface area (Å²) >= 11 is 38.4. The summed E-state index contributed by atoms with van der Waals surface area (Å²) in [5, 5.41) is 2.54. The minimum Gasteiger partial charge on any atom is -0.378 e. The van der Waals surface area contributed by atoms with E-state index in [1.165, 1.54) is 91.9 Å². The third-order valence-corrected chi connectivity index (χ3v) is 30.4. The Morgan fingerprint density at radius 2 is 0.626 bits per heavy atom. The predicted octanol–water partition coefficient (Wildman–Crippen LogP) is 23.2. The van der Waals surface area contributed by atoms with Crippen molar-refractivity contribution in [3.63, 3.8) is 0 Å². The highest BCUT2D eigenvalue weighted by molar-refractivity contribution is 6.34. The first-order valence-corrected chi connectivity index (χ1v) is 50.1. The molecule has 10 aliphatic rings. The number of hydrogen-bond acceptors (Lipinski definition) is 12. The number of nitrogens with zero attached hydrogens (tertiary/aromatic N) is 11. The second-order valence-electron chi connectivity index (χ2n) is 37.5. The van der Waals surface area contributed by atoms with E-state index in [4.69, 9.17) is 74.3 Å². The van der Waals surface area contributed by atoms with Crippen molar-refractivity contribution in [1.82, 2.24) is 22.8 Å². The zero-order chi connectivity index (χ0) is 91.2. The van der Waals surface area contributed by atoms with Gasteiger partial charge in [0.1, 0.15) is 42.6 Å². The van der Waals surface area contributed by atoms with Crippen molar-refractivity contribution < 1.29 is 17.9 Å². The number of aryl methyl sites for hydroxylation is 1. The average molecular weight is 1900 g/mol. The number of morpholine rings is 1. The molecule has 0 unspecified atom stereocenters. The van der Waals surface area contributed by atoms with Crippen LogP contribution in [0.4, 0.5) is 47.3 Å². The number of ether oxygens (including phenoxy) is 1. The number of unbranched alkanes of at least 4 members (excludes halogenated alkanes) is 2. The van der Waals surface area contributed by atoms with Crippen molar-refractivity contribution in [3.8, 4) is 0 Å². The van der Waals surface area contributed by atoms with Crippen LogP contribution in [0.1, 0.15) is 199 Å². The van der Waals surface area contributed by atoms with E-state index in [1.54, 1.807) is 28.9 Å². The van der Waals surface area contributed by atoms with Crippen molar-refractivity contribution in [2.45, 2.75) is 204 Å². The zero-order valence-corrected chi connectivity index (χ0v) is 79.6. The molecule has 0 amide bonds. The third kappa shape index (κ3) is 24.6. The number of hydrogen-bond donors (Lipinski definition) is 0. The van der Waals surface area contributed by atoms with Crippen LogP contribution in [0.15, 0.2) is 207 Å². The molecule has 4 aliphatic carbocycles. The fourth-order valence-corrected chi connectivity index (χ4v) is 21.4. The molecule has 5 aromatic heterocycles. The van der Waals surface area contributed by atoms with Gasteiger partial charge in [0.15, 0.2) is 0 Å². The van der Waals surface area contributed by atoms with Crippen LogP contribution in [0.25, 0.3) is 0 Å². The van der Waals surface area contributed by atoms with Crippen molar-refractivity contribution in [3.05, 3.63) is 310 Å². The van der Waals surface area contributed by atoms with Gasteiger partial charge in [0.05, 0.1) is 41.7 Å². The minimum atomic E-state index is -0.553. The van der Waals surface area contributed by atoms with Gasteiger partial charge in [0, 0.05) is 159 Å². The highest BCUT2D eigenvalue weighted by atomic mass is 35.5. The molecule has 11 heterocycles. The Kier molecular flexibility index (Phi) is 32.7. The molecule has 10 fully saturated rings. The van der Waals surface area contributed by atoms with Gasteiger partial charge in [-0.1, -0.05) is 174 Å². The first kappa shape index (κ1) is 95.3. The van der Waals surface area contributed by atoms with E-state index < -0.39 is 11.6 Å². The van der Waals surface area contributed by atoms with E-state index in [0.717, 1.165) is 240 Å². The minimum absolute atomic E-state index is 0.0399. The van der Waals surface area contributed by atoms with E-state index in [2.05, 4.69) is 97.0 Å². The Hall–Kier alpha value is -8.86. The van der Waals surface area contributed by atoms with Gasteiger partial charge >= 0.3 is 0 Å². The standard InChI is InChI=1S/C24H30ClN3O2.C21H27ClN2O.C20H22Cl2N2O.C20H21ClF2N2O.C20H22ClFN2O/c25-23-22(9-12-28(24(23)29)17-18-1-2-18)27-10-7-20(8-11-27)19-3-5-21(6-4-19)26-13-15-30-16-14-26;1-2-3-7-13-24-16-12-19(20(22)21(24)25)23-14-10-18(11-15-23)17-8-5-4-6-9-17;21-17-4-2-1-3-16(17)15-7-10-23(11-8-15)18-9-12-24(13-14-5-6-14)20(25)19(18)22;21-19-18(7-10-25(20(19)26)12-13-1-2-13)24-8-5-14(6-9-24)16-4-3-15(22)11-17(16)23;21-19-18(9-12-24(20(19)25)13-14-5-6-14)23-10-7-15(8-11-23)16-3-1-2-4-17(16)22/h3-6,9,12,18,20H,1-2,7-8,10-11,13-17H2;4-6,8-9,12,16,18H,2-3,7,10-11,13-15H2,1H3;1-4,9,12,14-15H,5-8,10-11,13H2;3-4,7,10-11,13-14H,1-2,5-6,8-9,12H2;1-4,9,12,14-15H,5-8,10-11,13H2. The Morgan fingerprint density at radius 3 is 0.985 bits per heavy atom. The Bertz CT molecular complexity index is 5680. The summed E-state index contributed by atoms with van der Waals surface area (Å²) in [4.78, 5) is 76.0. The van der Waals surface area contributed by atoms with E-state index in [0.29, 0.717) is 80.2 Å². The molecule has 131 heavy (non-hydrogen) atoms. The van der Waals surface area contributed by atoms with Crippen LogP contribution in [0.5, 0.6) is 0 Å². The number of benzene rings is 5. The van der Waals surface area contributed by atoms with Gasteiger partial charge in [-0.2, -0.15) is 0 Å². The third-order valence-electron chi connectivity index (χ3n) is 28.3. The number of piperidine rings is 5. The molecule has 4 saturated carbocycles. The summed E-state index contributed by atoms with van der Waals surface area (Å²) < 4.78 is 55.3. The fourth-order valence-electron chi connectivity index (χ4n) is 19.7. The second kappa shape index (κ2) is 45.0. The number of anilines is 6. The highest BCUT2D eigenvalue weighted by Gasteiger charge is 2.34. The summed E-state index contributed by atoms with van der Waals surface area (Å²) in [7, 11) is 0. The van der Waals surface area contributed by atoms with Gasteiger partial charge in [-0.05, 0) is 264 Å². The number of pyridine rings is 5. The zero-order valence-electron chi connectivity index (χ0n) is 75.1. The van der Waals surface area contributed by atoms with Crippen molar-refractivity contribution in [2.75, 3.05) is 121 Å². The van der Waals surface area contributed by atoms with Crippen LogP contribution >= 0.6 is 69.6 Å². The van der Waals surface area contributed by atoms with Crippen molar-refractivity contribution >= 4 is 104 Å². The summed E-state index contributed by atoms with van der Waals surface area (Å²) in [6, 6.07) is 48.6. The maximum Gasteiger partial charge on any atom is 0.271 e. The predicted molar refractivity (Wildman–Crippen MR) is 530 cm³/mol. The Balaban J connectivity index is 0.000000120. The molecular weight excluding hydrogens is 1780 g/mol. The summed E-state index contributed by atoms with van der Waals surface area (Å²) in [6.07, 6.45) is 32.0. The Labute approximate surface area is 797 Å². The summed E-state index contributed by atoms with van der Waals surface area (Å²) in [6.45, 7) is 18.1. The van der Waals surface area contributed by atoms with Crippen LogP contribution in [-0.2, 0) is 37.5 Å². The molecule has 0 spiro atoms. The molecule has 0 atom stereocenters.